The number of hydrogen-bond donors (Lipinski definition) is 2. The number of likely N-dealkylation sites (tertiary alicyclic amines) is 1. The fourth-order valence-electron chi connectivity index (χ4n) is 3.88. The van der Waals surface area contributed by atoms with E-state index in [0.717, 1.165) is 36.9 Å². The summed E-state index contributed by atoms with van der Waals surface area (Å²) in [7, 11) is 0. The summed E-state index contributed by atoms with van der Waals surface area (Å²) in [4.78, 5) is 1.51. The number of aryl methyl sites for hydroxylation is 2. The van der Waals surface area contributed by atoms with Gasteiger partial charge in [0.15, 0.2) is 0 Å². The molecule has 3 rings (SSSR count). The van der Waals surface area contributed by atoms with Gasteiger partial charge in [-0.15, -0.1) is 0 Å². The molecule has 1 atom stereocenters. The van der Waals surface area contributed by atoms with Crippen LogP contribution in [0.15, 0.2) is 48.5 Å². The molecular formula is C23H32NO2+. The molecule has 0 amide bonds. The Balaban J connectivity index is 1.39. The molecule has 0 unspecified atom stereocenters. The molecule has 26 heavy (non-hydrogen) atoms. The van der Waals surface area contributed by atoms with E-state index in [-0.39, 0.29) is 0 Å². The third kappa shape index (κ3) is 5.58. The Morgan fingerprint density at radius 2 is 1.81 bits per heavy atom. The van der Waals surface area contributed by atoms with Crippen LogP contribution in [0.2, 0.25) is 0 Å². The van der Waals surface area contributed by atoms with Gasteiger partial charge in [0.2, 0.25) is 0 Å². The number of rotatable bonds is 7. The van der Waals surface area contributed by atoms with Crippen molar-refractivity contribution in [2.24, 2.45) is 5.92 Å². The van der Waals surface area contributed by atoms with Crippen LogP contribution < -0.4 is 9.64 Å². The number of quaternary nitrogens is 1. The Hall–Kier alpha value is -1.84. The zero-order valence-corrected chi connectivity index (χ0v) is 16.1. The number of nitrogens with one attached hydrogen (secondary N) is 1. The van der Waals surface area contributed by atoms with Crippen molar-refractivity contribution in [2.45, 2.75) is 39.2 Å². The lowest BCUT2D eigenvalue weighted by molar-refractivity contribution is -0.909. The van der Waals surface area contributed by atoms with E-state index < -0.39 is 6.10 Å². The molecule has 1 aliphatic heterocycles. The summed E-state index contributed by atoms with van der Waals surface area (Å²) >= 11 is 0. The highest BCUT2D eigenvalue weighted by Gasteiger charge is 2.24. The lowest BCUT2D eigenvalue weighted by Crippen LogP contribution is -3.14. The average molecular weight is 355 g/mol. The zero-order valence-electron chi connectivity index (χ0n) is 16.1. The largest absolute Gasteiger partial charge is 0.490 e. The molecule has 1 heterocycles. The number of piperidine rings is 1. The molecule has 0 saturated carbocycles. The van der Waals surface area contributed by atoms with Crippen molar-refractivity contribution >= 4 is 0 Å². The van der Waals surface area contributed by atoms with Crippen molar-refractivity contribution < 1.29 is 14.7 Å². The van der Waals surface area contributed by atoms with Crippen LogP contribution in [-0.2, 0) is 6.42 Å². The van der Waals surface area contributed by atoms with Crippen molar-refractivity contribution in [3.8, 4) is 5.75 Å². The molecule has 2 aromatic rings. The first-order valence-corrected chi connectivity index (χ1v) is 9.86. The molecule has 0 aliphatic carbocycles. The Bertz CT molecular complexity index is 678. The van der Waals surface area contributed by atoms with Crippen LogP contribution in [-0.4, -0.2) is 37.5 Å². The van der Waals surface area contributed by atoms with E-state index >= 15 is 0 Å². The van der Waals surface area contributed by atoms with Gasteiger partial charge in [-0.3, -0.25) is 0 Å². The summed E-state index contributed by atoms with van der Waals surface area (Å²) in [5.74, 6) is 1.67. The summed E-state index contributed by atoms with van der Waals surface area (Å²) in [6.45, 7) is 7.57. The van der Waals surface area contributed by atoms with Crippen LogP contribution in [0.1, 0.15) is 29.5 Å². The van der Waals surface area contributed by atoms with Gasteiger partial charge in [0.1, 0.15) is 25.0 Å². The number of hydrogen-bond acceptors (Lipinski definition) is 2. The van der Waals surface area contributed by atoms with Crippen LogP contribution in [0, 0.1) is 19.8 Å². The van der Waals surface area contributed by atoms with Gasteiger partial charge in [0, 0.05) is 0 Å². The summed E-state index contributed by atoms with van der Waals surface area (Å²) in [5.41, 5.74) is 3.76. The van der Waals surface area contributed by atoms with Crippen LogP contribution in [0.25, 0.3) is 0 Å². The van der Waals surface area contributed by atoms with Gasteiger partial charge in [0.05, 0.1) is 13.1 Å². The maximum absolute atomic E-state index is 10.4. The maximum atomic E-state index is 10.4. The van der Waals surface area contributed by atoms with E-state index in [1.165, 1.54) is 35.3 Å². The molecule has 0 spiro atoms. The van der Waals surface area contributed by atoms with Crippen LogP contribution in [0.5, 0.6) is 5.75 Å². The van der Waals surface area contributed by atoms with E-state index in [2.05, 4.69) is 49.4 Å². The highest BCUT2D eigenvalue weighted by molar-refractivity contribution is 5.35. The molecule has 2 N–H and O–H groups in total. The van der Waals surface area contributed by atoms with Gasteiger partial charge in [-0.25, -0.2) is 0 Å². The Labute approximate surface area is 157 Å². The fraction of sp³-hybridized carbons (Fsp3) is 0.478. The zero-order chi connectivity index (χ0) is 18.4. The van der Waals surface area contributed by atoms with Crippen molar-refractivity contribution in [3.05, 3.63) is 65.2 Å². The number of aliphatic hydroxyl groups is 1. The van der Waals surface area contributed by atoms with Crippen LogP contribution in [0.4, 0.5) is 0 Å². The highest BCUT2D eigenvalue weighted by atomic mass is 16.5. The Morgan fingerprint density at radius 1 is 1.08 bits per heavy atom. The minimum Gasteiger partial charge on any atom is -0.490 e. The molecule has 2 aromatic carbocycles. The van der Waals surface area contributed by atoms with Gasteiger partial charge >= 0.3 is 0 Å². The van der Waals surface area contributed by atoms with E-state index in [1.807, 2.05) is 13.0 Å². The lowest BCUT2D eigenvalue weighted by Gasteiger charge is -2.30. The second kappa shape index (κ2) is 9.20. The number of aliphatic hydroxyl groups excluding tert-OH is 1. The molecule has 0 bridgehead atoms. The van der Waals surface area contributed by atoms with Crippen molar-refractivity contribution in [1.29, 1.82) is 0 Å². The standard InChI is InChI=1S/C23H31NO2/c1-18-8-9-19(2)23(14-18)26-17-22(25)16-24-12-10-21(11-13-24)15-20-6-4-3-5-7-20/h3-9,14,21-22,25H,10-13,15-17H2,1-2H3/p+1/t22-/m1/s1. The van der Waals surface area contributed by atoms with Gasteiger partial charge in [-0.2, -0.15) is 0 Å². The Kier molecular flexibility index (Phi) is 6.70. The molecule has 140 valence electrons. The second-order valence-electron chi connectivity index (χ2n) is 7.82. The molecule has 1 aliphatic rings. The first-order chi connectivity index (χ1) is 12.6. The van der Waals surface area contributed by atoms with E-state index in [1.54, 1.807) is 0 Å². The molecule has 1 saturated heterocycles. The highest BCUT2D eigenvalue weighted by Crippen LogP contribution is 2.19. The number of ether oxygens (including phenoxy) is 1. The monoisotopic (exact) mass is 354 g/mol. The molecule has 3 nitrogen and oxygen atoms in total. The molecule has 1 fully saturated rings. The topological polar surface area (TPSA) is 33.9 Å². The molecule has 0 aromatic heterocycles. The third-order valence-electron chi connectivity index (χ3n) is 5.48. The van der Waals surface area contributed by atoms with E-state index in [9.17, 15) is 5.11 Å². The maximum Gasteiger partial charge on any atom is 0.137 e. The minimum atomic E-state index is -0.407. The minimum absolute atomic E-state index is 0.376. The summed E-state index contributed by atoms with van der Waals surface area (Å²) in [6.07, 6.45) is 3.27. The first kappa shape index (κ1) is 18.9. The van der Waals surface area contributed by atoms with Gasteiger partial charge < -0.3 is 14.7 Å². The normalized spacial score (nSPS) is 21.3. The van der Waals surface area contributed by atoms with Crippen molar-refractivity contribution in [2.75, 3.05) is 26.2 Å². The van der Waals surface area contributed by atoms with Crippen molar-refractivity contribution in [1.82, 2.24) is 0 Å². The molecular weight excluding hydrogens is 322 g/mol. The van der Waals surface area contributed by atoms with E-state index in [0.29, 0.717) is 6.61 Å². The number of benzene rings is 2. The first-order valence-electron chi connectivity index (χ1n) is 9.86. The summed E-state index contributed by atoms with van der Waals surface area (Å²) < 4.78 is 5.86. The van der Waals surface area contributed by atoms with Gasteiger partial charge in [0.25, 0.3) is 0 Å². The lowest BCUT2D eigenvalue weighted by atomic mass is 9.90. The summed E-state index contributed by atoms with van der Waals surface area (Å²) in [5, 5.41) is 10.4. The molecule has 3 heteroatoms. The second-order valence-corrected chi connectivity index (χ2v) is 7.82. The average Bonchev–Trinajstić information content (AvgIpc) is 2.65. The molecule has 0 radical (unpaired) electrons. The predicted molar refractivity (Wildman–Crippen MR) is 106 cm³/mol. The predicted octanol–water partition coefficient (Wildman–Crippen LogP) is 2.58. The SMILES string of the molecule is Cc1ccc(C)c(OC[C@H](O)C[NH+]2CCC(Cc3ccccc3)CC2)c1. The smallest absolute Gasteiger partial charge is 0.137 e. The van der Waals surface area contributed by atoms with Gasteiger partial charge in [-0.1, -0.05) is 42.5 Å². The fourth-order valence-corrected chi connectivity index (χ4v) is 3.88. The van der Waals surface area contributed by atoms with Crippen molar-refractivity contribution in [3.63, 3.8) is 0 Å². The van der Waals surface area contributed by atoms with Gasteiger partial charge in [-0.05, 0) is 61.8 Å². The van der Waals surface area contributed by atoms with E-state index in [4.69, 9.17) is 4.74 Å². The van der Waals surface area contributed by atoms with Crippen LogP contribution in [0.3, 0.4) is 0 Å². The third-order valence-corrected chi connectivity index (χ3v) is 5.48. The Morgan fingerprint density at radius 3 is 2.54 bits per heavy atom. The van der Waals surface area contributed by atoms with Crippen LogP contribution >= 0.6 is 0 Å². The quantitative estimate of drug-likeness (QED) is 0.801. The summed E-state index contributed by atoms with van der Waals surface area (Å²) in [6, 6.07) is 17.0.